The zero-order valence-electron chi connectivity index (χ0n) is 20.2. The predicted octanol–water partition coefficient (Wildman–Crippen LogP) is 6.78. The van der Waals surface area contributed by atoms with E-state index in [1.807, 2.05) is 42.6 Å². The van der Waals surface area contributed by atoms with E-state index in [0.717, 1.165) is 27.8 Å². The summed E-state index contributed by atoms with van der Waals surface area (Å²) in [6.07, 6.45) is 2.60. The number of amides is 2. The molecule has 0 unspecified atom stereocenters. The van der Waals surface area contributed by atoms with E-state index in [9.17, 15) is 4.79 Å². The van der Waals surface area contributed by atoms with E-state index < -0.39 is 0 Å². The summed E-state index contributed by atoms with van der Waals surface area (Å²) in [5, 5.41) is 4.78. The van der Waals surface area contributed by atoms with Crippen molar-refractivity contribution < 1.29 is 19.0 Å². The third-order valence-corrected chi connectivity index (χ3v) is 6.64. The van der Waals surface area contributed by atoms with Crippen LogP contribution in [0.1, 0.15) is 11.1 Å². The van der Waals surface area contributed by atoms with Crippen molar-refractivity contribution in [3.8, 4) is 17.2 Å². The fraction of sp³-hybridized carbons (Fsp3) is 0.222. The van der Waals surface area contributed by atoms with Crippen LogP contribution in [0.5, 0.6) is 17.2 Å². The van der Waals surface area contributed by atoms with Crippen molar-refractivity contribution in [3.63, 3.8) is 0 Å². The molecule has 0 aliphatic heterocycles. The van der Waals surface area contributed by atoms with Gasteiger partial charge >= 0.3 is 6.03 Å². The van der Waals surface area contributed by atoms with E-state index in [1.54, 1.807) is 44.4 Å². The molecule has 2 amide bonds. The van der Waals surface area contributed by atoms with E-state index in [0.29, 0.717) is 46.7 Å². The number of methoxy groups -OCH3 is 3. The van der Waals surface area contributed by atoms with Crippen LogP contribution in [0.25, 0.3) is 10.9 Å². The Morgan fingerprint density at radius 1 is 0.917 bits per heavy atom. The van der Waals surface area contributed by atoms with Gasteiger partial charge < -0.3 is 29.4 Å². The summed E-state index contributed by atoms with van der Waals surface area (Å²) < 4.78 is 16.2. The molecule has 0 fully saturated rings. The lowest BCUT2D eigenvalue weighted by atomic mass is 10.1. The van der Waals surface area contributed by atoms with Gasteiger partial charge in [0, 0.05) is 35.9 Å². The normalized spacial score (nSPS) is 10.8. The highest BCUT2D eigenvalue weighted by Crippen LogP contribution is 2.29. The van der Waals surface area contributed by atoms with Gasteiger partial charge in [0.25, 0.3) is 0 Å². The molecule has 36 heavy (non-hydrogen) atoms. The van der Waals surface area contributed by atoms with Crippen LogP contribution < -0.4 is 19.5 Å². The molecule has 3 aromatic carbocycles. The van der Waals surface area contributed by atoms with Crippen LogP contribution in [0.2, 0.25) is 10.0 Å². The highest BCUT2D eigenvalue weighted by Gasteiger charge is 2.17. The van der Waals surface area contributed by atoms with Gasteiger partial charge in [0.05, 0.1) is 31.4 Å². The van der Waals surface area contributed by atoms with Crippen LogP contribution in [-0.4, -0.2) is 43.8 Å². The van der Waals surface area contributed by atoms with Crippen molar-refractivity contribution in [2.45, 2.75) is 13.0 Å². The molecule has 4 aromatic rings. The van der Waals surface area contributed by atoms with Crippen LogP contribution in [-0.2, 0) is 13.0 Å². The number of aromatic nitrogens is 1. The number of anilines is 1. The summed E-state index contributed by atoms with van der Waals surface area (Å²) in [7, 11) is 4.82. The Morgan fingerprint density at radius 3 is 2.44 bits per heavy atom. The topological polar surface area (TPSA) is 75.8 Å². The molecule has 0 atom stereocenters. The molecule has 1 aromatic heterocycles. The molecule has 4 rings (SSSR count). The number of H-pyrrole nitrogens is 1. The Labute approximate surface area is 219 Å². The monoisotopic (exact) mass is 527 g/mol. The fourth-order valence-corrected chi connectivity index (χ4v) is 4.27. The Morgan fingerprint density at radius 2 is 1.72 bits per heavy atom. The Balaban J connectivity index is 1.58. The second kappa shape index (κ2) is 11.5. The molecular formula is C27H27Cl2N3O4. The number of ether oxygens (including phenoxy) is 3. The van der Waals surface area contributed by atoms with E-state index in [-0.39, 0.29) is 6.03 Å². The van der Waals surface area contributed by atoms with Crippen molar-refractivity contribution in [1.29, 1.82) is 0 Å². The average Bonchev–Trinajstić information content (AvgIpc) is 3.30. The number of fused-ring (bicyclic) bond motifs is 1. The van der Waals surface area contributed by atoms with Crippen LogP contribution in [0.15, 0.2) is 60.8 Å². The summed E-state index contributed by atoms with van der Waals surface area (Å²) in [4.78, 5) is 18.4. The average molecular weight is 528 g/mol. The summed E-state index contributed by atoms with van der Waals surface area (Å²) in [5.41, 5.74) is 3.56. The maximum absolute atomic E-state index is 13.4. The first-order chi connectivity index (χ1) is 17.4. The first-order valence-electron chi connectivity index (χ1n) is 11.3. The molecule has 0 saturated heterocycles. The number of aromatic amines is 1. The second-order valence-electron chi connectivity index (χ2n) is 8.15. The van der Waals surface area contributed by atoms with Gasteiger partial charge in [-0.15, -0.1) is 0 Å². The number of nitrogens with zero attached hydrogens (tertiary/aromatic N) is 1. The number of carbonyl (C=O) groups is 1. The van der Waals surface area contributed by atoms with E-state index in [1.165, 1.54) is 0 Å². The molecule has 7 nitrogen and oxygen atoms in total. The van der Waals surface area contributed by atoms with Crippen molar-refractivity contribution in [3.05, 3.63) is 82.0 Å². The van der Waals surface area contributed by atoms with Crippen molar-refractivity contribution in [2.24, 2.45) is 0 Å². The second-order valence-corrected chi connectivity index (χ2v) is 8.96. The molecule has 0 aliphatic rings. The van der Waals surface area contributed by atoms with Crippen LogP contribution in [0.4, 0.5) is 10.5 Å². The van der Waals surface area contributed by atoms with Gasteiger partial charge in [0.2, 0.25) is 0 Å². The molecule has 0 saturated carbocycles. The lowest BCUT2D eigenvalue weighted by Crippen LogP contribution is -2.36. The lowest BCUT2D eigenvalue weighted by molar-refractivity contribution is 0.209. The van der Waals surface area contributed by atoms with Gasteiger partial charge in [-0.25, -0.2) is 4.79 Å². The molecule has 2 N–H and O–H groups in total. The number of carbonyl (C=O) groups excluding carboxylic acids is 1. The Kier molecular flexibility index (Phi) is 8.13. The molecule has 1 heterocycles. The van der Waals surface area contributed by atoms with Crippen molar-refractivity contribution >= 4 is 45.8 Å². The number of hydrogen-bond acceptors (Lipinski definition) is 4. The minimum absolute atomic E-state index is 0.263. The van der Waals surface area contributed by atoms with Crippen molar-refractivity contribution in [1.82, 2.24) is 9.88 Å². The standard InChI is InChI=1S/C27H27Cl2N3O4/c1-34-20-6-8-24-21(14-20)18(15-30-24)10-11-32(16-17-4-9-25(35-2)26(12-17)36-3)27(33)31-19-5-7-22(28)23(29)13-19/h4-9,12-15,30H,10-11,16H2,1-3H3,(H,31,33). The van der Waals surface area contributed by atoms with Gasteiger partial charge in [-0.3, -0.25) is 0 Å². The fourth-order valence-electron chi connectivity index (χ4n) is 3.97. The minimum atomic E-state index is -0.263. The first kappa shape index (κ1) is 25.5. The number of benzene rings is 3. The highest BCUT2D eigenvalue weighted by atomic mass is 35.5. The quantitative estimate of drug-likeness (QED) is 0.251. The summed E-state index contributed by atoms with van der Waals surface area (Å²) in [6.45, 7) is 0.824. The number of halogens is 2. The van der Waals surface area contributed by atoms with Crippen LogP contribution >= 0.6 is 23.2 Å². The minimum Gasteiger partial charge on any atom is -0.497 e. The lowest BCUT2D eigenvalue weighted by Gasteiger charge is -2.24. The SMILES string of the molecule is COc1ccc2[nH]cc(CCN(Cc3ccc(OC)c(OC)c3)C(=O)Nc3ccc(Cl)c(Cl)c3)c2c1. The smallest absolute Gasteiger partial charge is 0.322 e. The van der Waals surface area contributed by atoms with Gasteiger partial charge in [-0.2, -0.15) is 0 Å². The first-order valence-corrected chi connectivity index (χ1v) is 12.0. The van der Waals surface area contributed by atoms with E-state index >= 15 is 0 Å². The van der Waals surface area contributed by atoms with Crippen LogP contribution in [0, 0.1) is 0 Å². The number of urea groups is 1. The largest absolute Gasteiger partial charge is 0.497 e. The van der Waals surface area contributed by atoms with Gasteiger partial charge in [0.15, 0.2) is 11.5 Å². The van der Waals surface area contributed by atoms with Crippen molar-refractivity contribution in [2.75, 3.05) is 33.2 Å². The summed E-state index contributed by atoms with van der Waals surface area (Å²) >= 11 is 12.2. The zero-order valence-corrected chi connectivity index (χ0v) is 21.7. The predicted molar refractivity (Wildman–Crippen MR) is 144 cm³/mol. The molecule has 0 bridgehead atoms. The molecule has 0 spiro atoms. The van der Waals surface area contributed by atoms with Crippen LogP contribution in [0.3, 0.4) is 0 Å². The highest BCUT2D eigenvalue weighted by molar-refractivity contribution is 6.42. The summed E-state index contributed by atoms with van der Waals surface area (Å²) in [6, 6.07) is 16.2. The van der Waals surface area contributed by atoms with Gasteiger partial charge in [-0.05, 0) is 66.1 Å². The van der Waals surface area contributed by atoms with Gasteiger partial charge in [0.1, 0.15) is 5.75 Å². The van der Waals surface area contributed by atoms with E-state index in [2.05, 4.69) is 10.3 Å². The van der Waals surface area contributed by atoms with E-state index in [4.69, 9.17) is 37.4 Å². The third kappa shape index (κ3) is 5.80. The third-order valence-electron chi connectivity index (χ3n) is 5.91. The summed E-state index contributed by atoms with van der Waals surface area (Å²) in [5.74, 6) is 2.01. The zero-order chi connectivity index (χ0) is 25.7. The Hall–Kier alpha value is -3.55. The molecule has 0 aliphatic carbocycles. The molecular weight excluding hydrogens is 501 g/mol. The maximum atomic E-state index is 13.4. The maximum Gasteiger partial charge on any atom is 0.322 e. The Bertz CT molecular complexity index is 1370. The van der Waals surface area contributed by atoms with Gasteiger partial charge in [-0.1, -0.05) is 29.3 Å². The molecule has 9 heteroatoms. The number of hydrogen-bond donors (Lipinski definition) is 2. The molecule has 0 radical (unpaired) electrons. The molecule has 188 valence electrons. The number of nitrogens with one attached hydrogen (secondary N) is 2. The number of rotatable bonds is 9.